The van der Waals surface area contributed by atoms with Gasteiger partial charge in [-0.15, -0.1) is 0 Å². The smallest absolute Gasteiger partial charge is 0.258 e. The third-order valence-corrected chi connectivity index (χ3v) is 3.68. The maximum Gasteiger partial charge on any atom is 0.258 e. The van der Waals surface area contributed by atoms with Crippen LogP contribution in [0.3, 0.4) is 0 Å². The van der Waals surface area contributed by atoms with Crippen LogP contribution >= 0.6 is 0 Å². The summed E-state index contributed by atoms with van der Waals surface area (Å²) >= 11 is 0. The molecule has 1 N–H and O–H groups in total. The Morgan fingerprint density at radius 3 is 2.50 bits per heavy atom. The highest BCUT2D eigenvalue weighted by Gasteiger charge is 2.09. The van der Waals surface area contributed by atoms with E-state index in [1.807, 2.05) is 6.07 Å². The summed E-state index contributed by atoms with van der Waals surface area (Å²) < 4.78 is 29.2. The number of benzene rings is 2. The van der Waals surface area contributed by atoms with Crippen molar-refractivity contribution in [1.29, 1.82) is 0 Å². The van der Waals surface area contributed by atoms with Gasteiger partial charge in [-0.25, -0.2) is 4.39 Å². The van der Waals surface area contributed by atoms with E-state index in [0.717, 1.165) is 5.56 Å². The summed E-state index contributed by atoms with van der Waals surface area (Å²) in [7, 11) is 1.54. The highest BCUT2D eigenvalue weighted by atomic mass is 19.1. The van der Waals surface area contributed by atoms with Gasteiger partial charge in [-0.1, -0.05) is 12.1 Å². The van der Waals surface area contributed by atoms with Crippen molar-refractivity contribution in [3.8, 4) is 22.8 Å². The minimum atomic E-state index is -0.303. The highest BCUT2D eigenvalue weighted by Crippen LogP contribution is 2.25. The SMILES string of the molecule is COc1ccccc1OCC(=O)NCc1ccc(-c2ccc(F)cc2)o1. The normalized spacial score (nSPS) is 10.4. The molecular weight excluding hydrogens is 337 g/mol. The lowest BCUT2D eigenvalue weighted by atomic mass is 10.2. The lowest BCUT2D eigenvalue weighted by Crippen LogP contribution is -2.28. The molecule has 0 aliphatic heterocycles. The Balaban J connectivity index is 1.51. The number of ether oxygens (including phenoxy) is 2. The largest absolute Gasteiger partial charge is 0.493 e. The van der Waals surface area contributed by atoms with Crippen molar-refractivity contribution >= 4 is 5.91 Å². The number of rotatable bonds is 7. The van der Waals surface area contributed by atoms with Gasteiger partial charge in [0.05, 0.1) is 13.7 Å². The summed E-state index contributed by atoms with van der Waals surface area (Å²) in [5, 5.41) is 2.72. The van der Waals surface area contributed by atoms with Crippen LogP contribution in [0.1, 0.15) is 5.76 Å². The monoisotopic (exact) mass is 355 g/mol. The molecule has 3 aromatic rings. The van der Waals surface area contributed by atoms with Crippen LogP contribution in [0.5, 0.6) is 11.5 Å². The number of hydrogen-bond donors (Lipinski definition) is 1. The maximum atomic E-state index is 13.0. The summed E-state index contributed by atoms with van der Waals surface area (Å²) in [6, 6.07) is 16.7. The van der Waals surface area contributed by atoms with E-state index in [-0.39, 0.29) is 24.9 Å². The van der Waals surface area contributed by atoms with Crippen LogP contribution in [0.2, 0.25) is 0 Å². The number of carbonyl (C=O) groups excluding carboxylic acids is 1. The molecule has 1 heterocycles. The van der Waals surface area contributed by atoms with Crippen molar-refractivity contribution in [1.82, 2.24) is 5.32 Å². The first-order valence-corrected chi connectivity index (χ1v) is 8.03. The predicted molar refractivity (Wildman–Crippen MR) is 94.4 cm³/mol. The Labute approximate surface area is 150 Å². The van der Waals surface area contributed by atoms with Crippen LogP contribution in [0, 0.1) is 5.82 Å². The van der Waals surface area contributed by atoms with Crippen LogP contribution in [-0.4, -0.2) is 19.6 Å². The average Bonchev–Trinajstić information content (AvgIpc) is 3.14. The molecule has 0 radical (unpaired) electrons. The van der Waals surface area contributed by atoms with Gasteiger partial charge in [0.25, 0.3) is 5.91 Å². The van der Waals surface area contributed by atoms with Gasteiger partial charge in [0.1, 0.15) is 17.3 Å². The molecule has 0 fully saturated rings. The molecule has 0 unspecified atom stereocenters. The van der Waals surface area contributed by atoms with Gasteiger partial charge >= 0.3 is 0 Å². The van der Waals surface area contributed by atoms with Crippen LogP contribution < -0.4 is 14.8 Å². The fourth-order valence-electron chi connectivity index (χ4n) is 2.36. The number of amides is 1. The van der Waals surface area contributed by atoms with Crippen molar-refractivity contribution < 1.29 is 23.1 Å². The molecule has 0 saturated heterocycles. The van der Waals surface area contributed by atoms with Crippen LogP contribution in [0.25, 0.3) is 11.3 Å². The van der Waals surface area contributed by atoms with E-state index in [2.05, 4.69) is 5.32 Å². The molecule has 0 spiro atoms. The molecule has 26 heavy (non-hydrogen) atoms. The number of hydrogen-bond acceptors (Lipinski definition) is 4. The average molecular weight is 355 g/mol. The second-order valence-electron chi connectivity index (χ2n) is 5.49. The molecule has 5 nitrogen and oxygen atoms in total. The first-order chi connectivity index (χ1) is 12.7. The van der Waals surface area contributed by atoms with E-state index in [1.54, 1.807) is 42.5 Å². The third kappa shape index (κ3) is 4.42. The summed E-state index contributed by atoms with van der Waals surface area (Å²) in [4.78, 5) is 11.9. The van der Waals surface area contributed by atoms with E-state index in [0.29, 0.717) is 23.0 Å². The van der Waals surface area contributed by atoms with Gasteiger partial charge in [-0.3, -0.25) is 4.79 Å². The Bertz CT molecular complexity index is 874. The van der Waals surface area contributed by atoms with Gasteiger partial charge in [-0.05, 0) is 48.5 Å². The van der Waals surface area contributed by atoms with Gasteiger partial charge in [-0.2, -0.15) is 0 Å². The van der Waals surface area contributed by atoms with Crippen LogP contribution in [0.15, 0.2) is 65.1 Å². The van der Waals surface area contributed by atoms with Gasteiger partial charge in [0.15, 0.2) is 18.1 Å². The van der Waals surface area contributed by atoms with Crippen molar-refractivity contribution in [3.05, 3.63) is 72.2 Å². The molecule has 1 aromatic heterocycles. The molecule has 134 valence electrons. The van der Waals surface area contributed by atoms with Crippen LogP contribution in [-0.2, 0) is 11.3 Å². The van der Waals surface area contributed by atoms with Crippen molar-refractivity contribution in [2.45, 2.75) is 6.54 Å². The lowest BCUT2D eigenvalue weighted by Gasteiger charge is -2.10. The lowest BCUT2D eigenvalue weighted by molar-refractivity contribution is -0.123. The number of halogens is 1. The zero-order chi connectivity index (χ0) is 18.4. The first kappa shape index (κ1) is 17.5. The molecular formula is C20H18FNO4. The van der Waals surface area contributed by atoms with Gasteiger partial charge in [0, 0.05) is 5.56 Å². The van der Waals surface area contributed by atoms with Gasteiger partial charge in [0.2, 0.25) is 0 Å². The Kier molecular flexibility index (Phi) is 5.53. The molecule has 3 rings (SSSR count). The summed E-state index contributed by atoms with van der Waals surface area (Å²) in [6.45, 7) is 0.0984. The summed E-state index contributed by atoms with van der Waals surface area (Å²) in [5.74, 6) is 1.69. The summed E-state index contributed by atoms with van der Waals surface area (Å²) in [6.07, 6.45) is 0. The quantitative estimate of drug-likeness (QED) is 0.700. The zero-order valence-corrected chi connectivity index (χ0v) is 14.2. The molecule has 0 saturated carbocycles. The van der Waals surface area contributed by atoms with E-state index >= 15 is 0 Å². The molecule has 0 aliphatic rings. The minimum absolute atomic E-state index is 0.133. The predicted octanol–water partition coefficient (Wildman–Crippen LogP) is 3.79. The fourth-order valence-corrected chi connectivity index (χ4v) is 2.36. The standard InChI is InChI=1S/C20H18FNO4/c1-24-18-4-2-3-5-19(18)25-13-20(23)22-12-16-10-11-17(26-16)14-6-8-15(21)9-7-14/h2-11H,12-13H2,1H3,(H,22,23). The highest BCUT2D eigenvalue weighted by molar-refractivity contribution is 5.77. The molecule has 2 aromatic carbocycles. The van der Waals surface area contributed by atoms with E-state index in [1.165, 1.54) is 19.2 Å². The molecule has 0 atom stereocenters. The molecule has 0 bridgehead atoms. The fraction of sp³-hybridized carbons (Fsp3) is 0.150. The number of carbonyl (C=O) groups is 1. The molecule has 6 heteroatoms. The summed E-state index contributed by atoms with van der Waals surface area (Å²) in [5.41, 5.74) is 0.767. The van der Waals surface area contributed by atoms with E-state index in [9.17, 15) is 9.18 Å². The number of nitrogens with one attached hydrogen (secondary N) is 1. The Hall–Kier alpha value is -3.28. The third-order valence-electron chi connectivity index (χ3n) is 3.68. The second-order valence-corrected chi connectivity index (χ2v) is 5.49. The molecule has 1 amide bonds. The van der Waals surface area contributed by atoms with E-state index in [4.69, 9.17) is 13.9 Å². The Morgan fingerprint density at radius 2 is 1.77 bits per heavy atom. The minimum Gasteiger partial charge on any atom is -0.493 e. The van der Waals surface area contributed by atoms with Crippen molar-refractivity contribution in [3.63, 3.8) is 0 Å². The second kappa shape index (κ2) is 8.20. The first-order valence-electron chi connectivity index (χ1n) is 8.03. The Morgan fingerprint density at radius 1 is 1.04 bits per heavy atom. The zero-order valence-electron chi connectivity index (χ0n) is 14.2. The maximum absolute atomic E-state index is 13.0. The van der Waals surface area contributed by atoms with Gasteiger partial charge < -0.3 is 19.2 Å². The van der Waals surface area contributed by atoms with Crippen LogP contribution in [0.4, 0.5) is 4.39 Å². The van der Waals surface area contributed by atoms with Crippen molar-refractivity contribution in [2.75, 3.05) is 13.7 Å². The number of methoxy groups -OCH3 is 1. The topological polar surface area (TPSA) is 60.7 Å². The van der Waals surface area contributed by atoms with Crippen molar-refractivity contribution in [2.24, 2.45) is 0 Å². The number of para-hydroxylation sites is 2. The number of furan rings is 1. The molecule has 0 aliphatic carbocycles. The van der Waals surface area contributed by atoms with E-state index < -0.39 is 0 Å².